The van der Waals surface area contributed by atoms with Crippen molar-refractivity contribution >= 4 is 34.1 Å². The summed E-state index contributed by atoms with van der Waals surface area (Å²) in [6.45, 7) is 0. The van der Waals surface area contributed by atoms with Gasteiger partial charge in [-0.3, -0.25) is 0 Å². The highest BCUT2D eigenvalue weighted by atomic mass is 35.5. The van der Waals surface area contributed by atoms with Crippen LogP contribution in [0.1, 0.15) is 11.4 Å². The first-order valence-electron chi connectivity index (χ1n) is 6.27. The average Bonchev–Trinajstić information content (AvgIpc) is 2.85. The Morgan fingerprint density at radius 1 is 1.21 bits per heavy atom. The van der Waals surface area contributed by atoms with Crippen molar-refractivity contribution < 1.29 is 13.2 Å². The molecule has 0 spiro atoms. The van der Waals surface area contributed by atoms with Gasteiger partial charge >= 0.3 is 6.18 Å². The topological polar surface area (TPSA) is 92.9 Å². The molecular weight excluding hydrogens is 365 g/mol. The molecule has 24 heavy (non-hydrogen) atoms. The number of halogens is 4. The van der Waals surface area contributed by atoms with E-state index in [2.05, 4.69) is 15.3 Å². The third-order valence-corrected chi connectivity index (χ3v) is 4.30. The van der Waals surface area contributed by atoms with Gasteiger partial charge in [0.1, 0.15) is 11.6 Å². The largest absolute Gasteiger partial charge is 0.453 e. The molecule has 0 fully saturated rings. The predicted molar refractivity (Wildman–Crippen MR) is 81.9 cm³/mol. The molecule has 6 nitrogen and oxygen atoms in total. The van der Waals surface area contributed by atoms with Gasteiger partial charge < -0.3 is 5.73 Å². The summed E-state index contributed by atoms with van der Waals surface area (Å²) in [6.07, 6.45) is -4.76. The maximum Gasteiger partial charge on any atom is 0.453 e. The number of amidine groups is 1. The lowest BCUT2D eigenvalue weighted by Crippen LogP contribution is -2.19. The third kappa shape index (κ3) is 2.83. The van der Waals surface area contributed by atoms with Crippen LogP contribution >= 0.6 is 23.4 Å². The van der Waals surface area contributed by atoms with Crippen LogP contribution in [0.2, 0.25) is 5.02 Å². The number of aromatic nitrogens is 3. The summed E-state index contributed by atoms with van der Waals surface area (Å²) < 4.78 is 39.4. The van der Waals surface area contributed by atoms with Crippen molar-refractivity contribution in [3.05, 3.63) is 46.2 Å². The Balaban J connectivity index is 2.18. The first-order valence-corrected chi connectivity index (χ1v) is 7.46. The lowest BCUT2D eigenvalue weighted by molar-refractivity contribution is -0.147. The van der Waals surface area contributed by atoms with Gasteiger partial charge in [-0.25, -0.2) is 0 Å². The molecule has 0 saturated heterocycles. The summed E-state index contributed by atoms with van der Waals surface area (Å²) in [7, 11) is 0. The molecule has 0 atom stereocenters. The number of hydrogen-bond donors (Lipinski definition) is 1. The summed E-state index contributed by atoms with van der Waals surface area (Å²) in [6, 6.07) is 8.27. The molecule has 122 valence electrons. The van der Waals surface area contributed by atoms with Crippen LogP contribution in [-0.2, 0) is 6.18 Å². The Morgan fingerprint density at radius 3 is 2.46 bits per heavy atom. The highest BCUT2D eigenvalue weighted by Gasteiger charge is 2.40. The van der Waals surface area contributed by atoms with Crippen molar-refractivity contribution in [1.29, 1.82) is 5.26 Å². The van der Waals surface area contributed by atoms with Crippen LogP contribution in [-0.4, -0.2) is 20.7 Å². The molecule has 1 aromatic carbocycles. The molecule has 1 aliphatic heterocycles. The second-order valence-electron chi connectivity index (χ2n) is 4.53. The predicted octanol–water partition coefficient (Wildman–Crippen LogP) is 3.11. The van der Waals surface area contributed by atoms with E-state index in [1.165, 1.54) is 0 Å². The number of nitrogens with two attached hydrogens (primary N) is 1. The molecule has 0 amide bonds. The molecule has 11 heteroatoms. The maximum absolute atomic E-state index is 13.0. The molecule has 0 radical (unpaired) electrons. The molecule has 0 unspecified atom stereocenters. The SMILES string of the molecule is N#CC1=C(c2ccc(Cl)cc2)Sc2nnc(C(F)(F)F)n2N=C1N. The van der Waals surface area contributed by atoms with Gasteiger partial charge in [0.2, 0.25) is 5.16 Å². The van der Waals surface area contributed by atoms with Crippen molar-refractivity contribution in [3.63, 3.8) is 0 Å². The Morgan fingerprint density at radius 2 is 1.88 bits per heavy atom. The van der Waals surface area contributed by atoms with Crippen LogP contribution in [0, 0.1) is 11.3 Å². The van der Waals surface area contributed by atoms with Crippen LogP contribution in [0.5, 0.6) is 0 Å². The van der Waals surface area contributed by atoms with Gasteiger partial charge in [-0.2, -0.15) is 23.1 Å². The second kappa shape index (κ2) is 5.85. The van der Waals surface area contributed by atoms with E-state index in [0.717, 1.165) is 11.8 Å². The van der Waals surface area contributed by atoms with E-state index in [0.29, 0.717) is 20.2 Å². The number of alkyl halides is 3. The van der Waals surface area contributed by atoms with Gasteiger partial charge in [-0.05, 0) is 29.5 Å². The number of fused-ring (bicyclic) bond motifs is 1. The summed E-state index contributed by atoms with van der Waals surface area (Å²) in [5, 5.41) is 19.9. The van der Waals surface area contributed by atoms with E-state index in [9.17, 15) is 18.4 Å². The Bertz CT molecular complexity index is 907. The number of nitrogens with zero attached hydrogens (tertiary/aromatic N) is 5. The highest BCUT2D eigenvalue weighted by Crippen LogP contribution is 2.40. The number of hydrogen-bond acceptors (Lipinski definition) is 6. The zero-order valence-electron chi connectivity index (χ0n) is 11.5. The van der Waals surface area contributed by atoms with E-state index in [1.807, 2.05) is 6.07 Å². The van der Waals surface area contributed by atoms with E-state index in [1.54, 1.807) is 24.3 Å². The van der Waals surface area contributed by atoms with Crippen LogP contribution in [0.4, 0.5) is 13.2 Å². The third-order valence-electron chi connectivity index (χ3n) is 2.97. The standard InChI is InChI=1S/C13H6ClF3N6S/c14-7-3-1-6(2-4-7)9-8(5-18)10(19)22-23-11(13(15,16)17)20-21-12(23)24-9/h1-4H,(H2,19,22). The molecule has 0 saturated carbocycles. The highest BCUT2D eigenvalue weighted by molar-refractivity contribution is 8.08. The molecule has 2 N–H and O–H groups in total. The second-order valence-corrected chi connectivity index (χ2v) is 5.94. The lowest BCUT2D eigenvalue weighted by Gasteiger charge is -2.06. The van der Waals surface area contributed by atoms with Gasteiger partial charge in [0.25, 0.3) is 5.82 Å². The van der Waals surface area contributed by atoms with Crippen molar-refractivity contribution in [1.82, 2.24) is 14.9 Å². The van der Waals surface area contributed by atoms with Crippen molar-refractivity contribution in [2.75, 3.05) is 0 Å². The lowest BCUT2D eigenvalue weighted by atomic mass is 10.1. The fourth-order valence-electron chi connectivity index (χ4n) is 1.92. The van der Waals surface area contributed by atoms with Crippen molar-refractivity contribution in [2.45, 2.75) is 11.3 Å². The molecule has 2 heterocycles. The fourth-order valence-corrected chi connectivity index (χ4v) is 3.04. The normalized spacial score (nSPS) is 14.7. The number of nitriles is 1. The maximum atomic E-state index is 13.0. The van der Waals surface area contributed by atoms with Gasteiger partial charge in [-0.15, -0.1) is 15.3 Å². The quantitative estimate of drug-likeness (QED) is 0.832. The zero-order valence-corrected chi connectivity index (χ0v) is 13.1. The molecule has 3 rings (SSSR count). The van der Waals surface area contributed by atoms with E-state index < -0.39 is 12.0 Å². The van der Waals surface area contributed by atoms with Gasteiger partial charge in [0, 0.05) is 9.93 Å². The van der Waals surface area contributed by atoms with Gasteiger partial charge in [-0.1, -0.05) is 23.7 Å². The van der Waals surface area contributed by atoms with E-state index >= 15 is 0 Å². The minimum absolute atomic E-state index is 0.0547. The monoisotopic (exact) mass is 370 g/mol. The Labute approximate surface area is 142 Å². The molecule has 0 bridgehead atoms. The first-order chi connectivity index (χ1) is 11.3. The molecule has 0 aliphatic carbocycles. The summed E-state index contributed by atoms with van der Waals surface area (Å²) in [5.41, 5.74) is 6.21. The Hall–Kier alpha value is -2.51. The van der Waals surface area contributed by atoms with Crippen LogP contribution in [0.3, 0.4) is 0 Å². The number of rotatable bonds is 1. The number of benzene rings is 1. The van der Waals surface area contributed by atoms with Gasteiger partial charge in [0.05, 0.1) is 0 Å². The van der Waals surface area contributed by atoms with Crippen LogP contribution in [0.25, 0.3) is 4.91 Å². The van der Waals surface area contributed by atoms with Crippen molar-refractivity contribution in [2.24, 2.45) is 10.8 Å². The summed E-state index contributed by atoms with van der Waals surface area (Å²) in [4.78, 5) is 0.315. The average molecular weight is 371 g/mol. The minimum Gasteiger partial charge on any atom is -0.381 e. The molecular formula is C13H6ClF3N6S. The van der Waals surface area contributed by atoms with Crippen LogP contribution in [0.15, 0.2) is 40.1 Å². The summed E-state index contributed by atoms with van der Waals surface area (Å²) >= 11 is 6.65. The van der Waals surface area contributed by atoms with Crippen molar-refractivity contribution in [3.8, 4) is 6.07 Å². The Kier molecular flexibility index (Phi) is 3.98. The molecule has 1 aliphatic rings. The van der Waals surface area contributed by atoms with E-state index in [4.69, 9.17) is 17.3 Å². The first kappa shape index (κ1) is 16.4. The van der Waals surface area contributed by atoms with E-state index in [-0.39, 0.29) is 16.6 Å². The van der Waals surface area contributed by atoms with Crippen LogP contribution < -0.4 is 5.73 Å². The molecule has 2 aromatic rings. The van der Waals surface area contributed by atoms with Gasteiger partial charge in [0.15, 0.2) is 5.84 Å². The molecule has 1 aromatic heterocycles. The fraction of sp³-hybridized carbons (Fsp3) is 0.0769. The smallest absolute Gasteiger partial charge is 0.381 e. The summed E-state index contributed by atoms with van der Waals surface area (Å²) in [5.74, 6) is -1.68. The zero-order chi connectivity index (χ0) is 17.5. The number of thioether (sulfide) groups is 1. The minimum atomic E-state index is -4.76.